The van der Waals surface area contributed by atoms with Crippen LogP contribution in [0.25, 0.3) is 0 Å². The molecular weight excluding hydrogens is 362 g/mol. The van der Waals surface area contributed by atoms with Crippen LogP contribution < -0.4 is 0 Å². The second-order valence-electron chi connectivity index (χ2n) is 7.68. The number of sulfonamides is 1. The summed E-state index contributed by atoms with van der Waals surface area (Å²) in [5, 5.41) is 4.04. The van der Waals surface area contributed by atoms with E-state index in [4.69, 9.17) is 4.52 Å². The minimum atomic E-state index is -3.52. The zero-order chi connectivity index (χ0) is 19.4. The summed E-state index contributed by atoms with van der Waals surface area (Å²) >= 11 is 0. The minimum absolute atomic E-state index is 0.311. The number of aromatic nitrogens is 2. The van der Waals surface area contributed by atoms with Crippen LogP contribution in [0, 0.1) is 0 Å². The number of hydrogen-bond acceptors (Lipinski definition) is 5. The molecule has 1 aromatic carbocycles. The third-order valence-corrected chi connectivity index (χ3v) is 7.21. The average molecular weight is 392 g/mol. The van der Waals surface area contributed by atoms with Gasteiger partial charge in [-0.1, -0.05) is 50.4 Å². The summed E-state index contributed by atoms with van der Waals surface area (Å²) in [5.41, 5.74) is 1.12. The third kappa shape index (κ3) is 4.76. The van der Waals surface area contributed by atoms with Gasteiger partial charge in [0.15, 0.2) is 5.82 Å². The Hall–Kier alpha value is -1.73. The Morgan fingerprint density at radius 1 is 1.15 bits per heavy atom. The van der Waals surface area contributed by atoms with Crippen LogP contribution >= 0.6 is 0 Å². The SMILES string of the molecule is CC(C)c1ccc(S(=O)(=O)N(C)CCc2noc(C3CCCCC3)n2)cc1. The molecule has 3 rings (SSSR count). The van der Waals surface area contributed by atoms with Crippen molar-refractivity contribution in [1.29, 1.82) is 0 Å². The summed E-state index contributed by atoms with van der Waals surface area (Å²) in [5.74, 6) is 2.02. The van der Waals surface area contributed by atoms with Crippen molar-refractivity contribution in [2.75, 3.05) is 13.6 Å². The topological polar surface area (TPSA) is 76.3 Å². The summed E-state index contributed by atoms with van der Waals surface area (Å²) in [4.78, 5) is 4.80. The minimum Gasteiger partial charge on any atom is -0.339 e. The Kier molecular flexibility index (Phi) is 6.32. The lowest BCUT2D eigenvalue weighted by molar-refractivity contribution is 0.311. The highest BCUT2D eigenvalue weighted by Gasteiger charge is 2.23. The van der Waals surface area contributed by atoms with Gasteiger partial charge in [0.25, 0.3) is 0 Å². The molecule has 6 nitrogen and oxygen atoms in total. The van der Waals surface area contributed by atoms with Crippen molar-refractivity contribution in [2.45, 2.75) is 69.1 Å². The van der Waals surface area contributed by atoms with Crippen LogP contribution in [0.3, 0.4) is 0 Å². The summed E-state index contributed by atoms with van der Waals surface area (Å²) in [7, 11) is -1.93. The van der Waals surface area contributed by atoms with Gasteiger partial charge in [0.1, 0.15) is 0 Å². The Labute approximate surface area is 162 Å². The van der Waals surface area contributed by atoms with Gasteiger partial charge < -0.3 is 4.52 Å². The molecule has 0 spiro atoms. The molecule has 0 atom stereocenters. The van der Waals surface area contributed by atoms with Crippen molar-refractivity contribution in [3.05, 3.63) is 41.5 Å². The molecule has 0 bridgehead atoms. The molecule has 27 heavy (non-hydrogen) atoms. The molecule has 0 radical (unpaired) electrons. The van der Waals surface area contributed by atoms with E-state index in [1.165, 1.54) is 23.6 Å². The van der Waals surface area contributed by atoms with Gasteiger partial charge in [-0.3, -0.25) is 0 Å². The Morgan fingerprint density at radius 2 is 1.81 bits per heavy atom. The van der Waals surface area contributed by atoms with Crippen LogP contribution in [-0.4, -0.2) is 36.5 Å². The van der Waals surface area contributed by atoms with Crippen molar-refractivity contribution in [1.82, 2.24) is 14.4 Å². The van der Waals surface area contributed by atoms with Crippen molar-refractivity contribution >= 4 is 10.0 Å². The van der Waals surface area contributed by atoms with Crippen molar-refractivity contribution < 1.29 is 12.9 Å². The second kappa shape index (κ2) is 8.52. The predicted molar refractivity (Wildman–Crippen MR) is 104 cm³/mol. The molecule has 1 saturated carbocycles. The third-order valence-electron chi connectivity index (χ3n) is 5.34. The van der Waals surface area contributed by atoms with Gasteiger partial charge >= 0.3 is 0 Å². The molecule has 0 amide bonds. The number of hydrogen-bond donors (Lipinski definition) is 0. The zero-order valence-electron chi connectivity index (χ0n) is 16.4. The van der Waals surface area contributed by atoms with Crippen molar-refractivity contribution in [3.63, 3.8) is 0 Å². The lowest BCUT2D eigenvalue weighted by Crippen LogP contribution is -2.29. The average Bonchev–Trinajstić information content (AvgIpc) is 3.16. The van der Waals surface area contributed by atoms with Gasteiger partial charge in [0.2, 0.25) is 15.9 Å². The van der Waals surface area contributed by atoms with Gasteiger partial charge in [0.05, 0.1) is 4.90 Å². The number of rotatable bonds is 7. The van der Waals surface area contributed by atoms with Gasteiger partial charge in [-0.25, -0.2) is 12.7 Å². The first kappa shape index (κ1) is 20.0. The Balaban J connectivity index is 1.61. The molecule has 1 fully saturated rings. The van der Waals surface area contributed by atoms with E-state index >= 15 is 0 Å². The molecule has 148 valence electrons. The fraction of sp³-hybridized carbons (Fsp3) is 0.600. The molecule has 1 aliphatic rings. The maximum Gasteiger partial charge on any atom is 0.242 e. The molecule has 0 saturated heterocycles. The van der Waals surface area contributed by atoms with Gasteiger partial charge in [0, 0.05) is 25.9 Å². The molecule has 7 heteroatoms. The number of benzene rings is 1. The lowest BCUT2D eigenvalue weighted by Gasteiger charge is -2.17. The summed E-state index contributed by atoms with van der Waals surface area (Å²) in [6.07, 6.45) is 6.33. The fourth-order valence-electron chi connectivity index (χ4n) is 3.47. The standard InChI is InChI=1S/C20H29N3O3S/c1-15(2)16-9-11-18(12-10-16)27(24,25)23(3)14-13-19-21-20(26-22-19)17-7-5-4-6-8-17/h9-12,15,17H,4-8,13-14H2,1-3H3. The van der Waals surface area contributed by atoms with Gasteiger partial charge in [-0.15, -0.1) is 0 Å². The molecule has 1 aromatic heterocycles. The van der Waals surface area contributed by atoms with Crippen LogP contribution in [0.2, 0.25) is 0 Å². The summed E-state index contributed by atoms with van der Waals surface area (Å²) in [6.45, 7) is 4.49. The maximum atomic E-state index is 12.7. The smallest absolute Gasteiger partial charge is 0.242 e. The molecular formula is C20H29N3O3S. The molecule has 0 unspecified atom stereocenters. The Morgan fingerprint density at radius 3 is 2.44 bits per heavy atom. The molecule has 0 N–H and O–H groups in total. The molecule has 0 aliphatic heterocycles. The molecule has 1 heterocycles. The first-order chi connectivity index (χ1) is 12.9. The summed E-state index contributed by atoms with van der Waals surface area (Å²) < 4.78 is 32.3. The monoisotopic (exact) mass is 391 g/mol. The van der Waals surface area contributed by atoms with E-state index in [0.29, 0.717) is 41.4 Å². The van der Waals surface area contributed by atoms with E-state index in [1.807, 2.05) is 12.1 Å². The first-order valence-corrected chi connectivity index (χ1v) is 11.2. The van der Waals surface area contributed by atoms with Crippen molar-refractivity contribution in [2.24, 2.45) is 0 Å². The normalized spacial score (nSPS) is 16.3. The number of likely N-dealkylation sites (N-methyl/N-ethyl adjacent to an activating group) is 1. The highest BCUT2D eigenvalue weighted by molar-refractivity contribution is 7.89. The zero-order valence-corrected chi connectivity index (χ0v) is 17.2. The van der Waals surface area contributed by atoms with Crippen molar-refractivity contribution in [3.8, 4) is 0 Å². The lowest BCUT2D eigenvalue weighted by atomic mass is 9.89. The maximum absolute atomic E-state index is 12.7. The van der Waals surface area contributed by atoms with E-state index in [9.17, 15) is 8.42 Å². The van der Waals surface area contributed by atoms with Crippen LogP contribution in [-0.2, 0) is 16.4 Å². The van der Waals surface area contributed by atoms with Crippen LogP contribution in [0.15, 0.2) is 33.7 Å². The van der Waals surface area contributed by atoms with Crippen LogP contribution in [0.1, 0.15) is 75.1 Å². The molecule has 1 aliphatic carbocycles. The van der Waals surface area contributed by atoms with Gasteiger partial charge in [-0.05, 0) is 36.5 Å². The quantitative estimate of drug-likeness (QED) is 0.710. The first-order valence-electron chi connectivity index (χ1n) is 9.76. The Bertz CT molecular complexity index is 838. The highest BCUT2D eigenvalue weighted by atomic mass is 32.2. The van der Waals surface area contributed by atoms with Crippen LogP contribution in [0.4, 0.5) is 0 Å². The molecule has 2 aromatic rings. The van der Waals surface area contributed by atoms with E-state index in [0.717, 1.165) is 18.4 Å². The number of nitrogens with zero attached hydrogens (tertiary/aromatic N) is 3. The van der Waals surface area contributed by atoms with E-state index in [-0.39, 0.29) is 0 Å². The fourth-order valence-corrected chi connectivity index (χ4v) is 4.64. The van der Waals surface area contributed by atoms with Crippen LogP contribution in [0.5, 0.6) is 0 Å². The van der Waals surface area contributed by atoms with Gasteiger partial charge in [-0.2, -0.15) is 4.98 Å². The van der Waals surface area contributed by atoms with E-state index in [1.54, 1.807) is 19.2 Å². The largest absolute Gasteiger partial charge is 0.339 e. The van der Waals surface area contributed by atoms with E-state index in [2.05, 4.69) is 24.0 Å². The summed E-state index contributed by atoms with van der Waals surface area (Å²) in [6, 6.07) is 7.11. The predicted octanol–water partition coefficient (Wildman–Crippen LogP) is 4.10. The van der Waals surface area contributed by atoms with E-state index < -0.39 is 10.0 Å². The second-order valence-corrected chi connectivity index (χ2v) is 9.73. The highest BCUT2D eigenvalue weighted by Crippen LogP contribution is 2.31.